The van der Waals surface area contributed by atoms with E-state index in [2.05, 4.69) is 58.0 Å². The SMILES string of the molecule is CC(c1ccccc1)C(C)C(OO)C(C)(C)C12CC3CC(CC(C3)C1)C2. The van der Waals surface area contributed by atoms with Crippen molar-refractivity contribution >= 4 is 0 Å². The minimum absolute atomic E-state index is 0.0137. The minimum Gasteiger partial charge on any atom is -0.252 e. The molecule has 0 heterocycles. The Morgan fingerprint density at radius 2 is 1.46 bits per heavy atom. The predicted octanol–water partition coefficient (Wildman–Crippen LogP) is 6.53. The molecule has 1 aromatic rings. The first-order valence-corrected chi connectivity index (χ1v) is 10.7. The molecule has 4 aliphatic carbocycles. The number of benzene rings is 1. The highest BCUT2D eigenvalue weighted by Gasteiger charge is 2.60. The van der Waals surface area contributed by atoms with Gasteiger partial charge in [0.15, 0.2) is 0 Å². The summed E-state index contributed by atoms with van der Waals surface area (Å²) in [6.45, 7) is 9.31. The third-order valence-corrected chi connectivity index (χ3v) is 8.82. The molecule has 5 rings (SSSR count). The van der Waals surface area contributed by atoms with Gasteiger partial charge >= 0.3 is 0 Å². The maximum atomic E-state index is 10.0. The number of hydrogen-bond donors (Lipinski definition) is 1. The van der Waals surface area contributed by atoms with Gasteiger partial charge in [0.1, 0.15) is 6.10 Å². The van der Waals surface area contributed by atoms with Gasteiger partial charge in [0.2, 0.25) is 0 Å². The molecule has 0 aliphatic heterocycles. The first-order valence-electron chi connectivity index (χ1n) is 10.7. The quantitative estimate of drug-likeness (QED) is 0.464. The van der Waals surface area contributed by atoms with E-state index in [0.29, 0.717) is 11.3 Å². The van der Waals surface area contributed by atoms with Crippen molar-refractivity contribution in [3.05, 3.63) is 35.9 Å². The summed E-state index contributed by atoms with van der Waals surface area (Å²) in [5.74, 6) is 3.39. The largest absolute Gasteiger partial charge is 0.252 e. The summed E-state index contributed by atoms with van der Waals surface area (Å²) in [5.41, 5.74) is 1.67. The highest BCUT2D eigenvalue weighted by molar-refractivity contribution is 5.20. The Morgan fingerprint density at radius 3 is 1.92 bits per heavy atom. The Labute approximate surface area is 159 Å². The van der Waals surface area contributed by atoms with Crippen LogP contribution in [-0.2, 0) is 4.89 Å². The molecule has 0 radical (unpaired) electrons. The molecule has 4 saturated carbocycles. The summed E-state index contributed by atoms with van der Waals surface area (Å²) in [4.78, 5) is 5.31. The van der Waals surface area contributed by atoms with Crippen molar-refractivity contribution in [3.8, 4) is 0 Å². The predicted molar refractivity (Wildman–Crippen MR) is 106 cm³/mol. The van der Waals surface area contributed by atoms with E-state index in [9.17, 15) is 5.26 Å². The summed E-state index contributed by atoms with van der Waals surface area (Å²) >= 11 is 0. The fraction of sp³-hybridized carbons (Fsp3) is 0.750. The fourth-order valence-electron chi connectivity index (χ4n) is 7.41. The molecule has 2 nitrogen and oxygen atoms in total. The Kier molecular flexibility index (Phi) is 4.72. The lowest BCUT2D eigenvalue weighted by molar-refractivity contribution is -0.333. The summed E-state index contributed by atoms with van der Waals surface area (Å²) in [6.07, 6.45) is 8.27. The van der Waals surface area contributed by atoms with Crippen LogP contribution in [0.3, 0.4) is 0 Å². The van der Waals surface area contributed by atoms with E-state index in [-0.39, 0.29) is 17.4 Å². The first kappa shape index (κ1) is 18.5. The van der Waals surface area contributed by atoms with E-state index >= 15 is 0 Å². The van der Waals surface area contributed by atoms with Gasteiger partial charge < -0.3 is 0 Å². The van der Waals surface area contributed by atoms with Crippen LogP contribution in [-0.4, -0.2) is 11.4 Å². The van der Waals surface area contributed by atoms with Crippen LogP contribution in [0.1, 0.15) is 77.7 Å². The van der Waals surface area contributed by atoms with Gasteiger partial charge in [-0.15, -0.1) is 0 Å². The molecule has 4 aliphatic rings. The molecule has 1 N–H and O–H groups in total. The van der Waals surface area contributed by atoms with E-state index in [0.717, 1.165) is 17.8 Å². The van der Waals surface area contributed by atoms with Crippen molar-refractivity contribution in [2.45, 2.75) is 78.2 Å². The van der Waals surface area contributed by atoms with Crippen molar-refractivity contribution in [1.82, 2.24) is 0 Å². The highest BCUT2D eigenvalue weighted by Crippen LogP contribution is 2.67. The van der Waals surface area contributed by atoms with Crippen molar-refractivity contribution in [2.75, 3.05) is 0 Å². The second-order valence-corrected chi connectivity index (χ2v) is 10.5. The first-order chi connectivity index (χ1) is 12.4. The van der Waals surface area contributed by atoms with Crippen LogP contribution in [0.4, 0.5) is 0 Å². The lowest BCUT2D eigenvalue weighted by Crippen LogP contribution is -2.58. The Hall–Kier alpha value is -0.860. The monoisotopic (exact) mass is 356 g/mol. The molecule has 3 unspecified atom stereocenters. The molecule has 0 amide bonds. The van der Waals surface area contributed by atoms with Crippen molar-refractivity contribution in [1.29, 1.82) is 0 Å². The van der Waals surface area contributed by atoms with Gasteiger partial charge in [-0.3, -0.25) is 5.26 Å². The zero-order valence-electron chi connectivity index (χ0n) is 16.9. The van der Waals surface area contributed by atoms with Gasteiger partial charge in [-0.25, -0.2) is 4.89 Å². The Morgan fingerprint density at radius 1 is 0.962 bits per heavy atom. The van der Waals surface area contributed by atoms with Crippen LogP contribution < -0.4 is 0 Å². The van der Waals surface area contributed by atoms with Crippen LogP contribution in [0.5, 0.6) is 0 Å². The van der Waals surface area contributed by atoms with Crippen molar-refractivity contribution in [2.24, 2.45) is 34.5 Å². The summed E-state index contributed by atoms with van der Waals surface area (Å²) in [6, 6.07) is 10.7. The van der Waals surface area contributed by atoms with Gasteiger partial charge in [0.05, 0.1) is 0 Å². The summed E-state index contributed by atoms with van der Waals surface area (Å²) < 4.78 is 0. The Bertz CT molecular complexity index is 585. The van der Waals surface area contributed by atoms with Crippen LogP contribution in [0, 0.1) is 34.5 Å². The molecule has 1 aromatic carbocycles. The van der Waals surface area contributed by atoms with Crippen LogP contribution in [0.25, 0.3) is 0 Å². The smallest absolute Gasteiger partial charge is 0.101 e. The van der Waals surface area contributed by atoms with Gasteiger partial charge in [-0.1, -0.05) is 58.0 Å². The normalized spacial score (nSPS) is 36.7. The van der Waals surface area contributed by atoms with Gasteiger partial charge in [0, 0.05) is 5.41 Å². The molecule has 2 heteroatoms. The number of rotatable bonds is 6. The maximum absolute atomic E-state index is 10.0. The molecule has 0 aromatic heterocycles. The summed E-state index contributed by atoms with van der Waals surface area (Å²) in [5, 5.41) is 10.0. The van der Waals surface area contributed by atoms with Gasteiger partial charge in [-0.2, -0.15) is 0 Å². The van der Waals surface area contributed by atoms with Crippen LogP contribution >= 0.6 is 0 Å². The molecule has 26 heavy (non-hydrogen) atoms. The minimum atomic E-state index is -0.131. The summed E-state index contributed by atoms with van der Waals surface area (Å²) in [7, 11) is 0. The molecule has 144 valence electrons. The zero-order chi connectivity index (χ0) is 18.5. The molecular formula is C24H36O2. The van der Waals surface area contributed by atoms with E-state index in [1.54, 1.807) is 0 Å². The maximum Gasteiger partial charge on any atom is 0.101 e. The number of hydrogen-bond acceptors (Lipinski definition) is 2. The third kappa shape index (κ3) is 2.85. The van der Waals surface area contributed by atoms with Gasteiger partial charge in [-0.05, 0) is 79.1 Å². The van der Waals surface area contributed by atoms with Gasteiger partial charge in [0.25, 0.3) is 0 Å². The molecule has 0 spiro atoms. The van der Waals surface area contributed by atoms with E-state index in [1.165, 1.54) is 44.1 Å². The van der Waals surface area contributed by atoms with E-state index < -0.39 is 0 Å². The second-order valence-electron chi connectivity index (χ2n) is 10.5. The van der Waals surface area contributed by atoms with Crippen molar-refractivity contribution in [3.63, 3.8) is 0 Å². The second kappa shape index (κ2) is 6.63. The van der Waals surface area contributed by atoms with Crippen molar-refractivity contribution < 1.29 is 10.1 Å². The average Bonchev–Trinajstić information content (AvgIpc) is 2.61. The lowest BCUT2D eigenvalue weighted by Gasteiger charge is -2.64. The molecule has 4 bridgehead atoms. The molecule has 0 saturated heterocycles. The van der Waals surface area contributed by atoms with Crippen LogP contribution in [0.2, 0.25) is 0 Å². The third-order valence-electron chi connectivity index (χ3n) is 8.82. The average molecular weight is 357 g/mol. The zero-order valence-corrected chi connectivity index (χ0v) is 16.9. The standard InChI is InChI=1S/C24H36O2/c1-16(21-8-6-5-7-9-21)17(2)22(26-25)23(3,4)24-13-18-10-19(14-24)12-20(11-18)15-24/h5-9,16-20,22,25H,10-15H2,1-4H3. The Balaban J connectivity index is 1.61. The molecule has 3 atom stereocenters. The fourth-order valence-corrected chi connectivity index (χ4v) is 7.41. The molecule has 4 fully saturated rings. The lowest BCUT2D eigenvalue weighted by atomic mass is 9.42. The highest BCUT2D eigenvalue weighted by atomic mass is 17.1. The topological polar surface area (TPSA) is 29.5 Å². The van der Waals surface area contributed by atoms with Crippen LogP contribution in [0.15, 0.2) is 30.3 Å². The van der Waals surface area contributed by atoms with E-state index in [4.69, 9.17) is 4.89 Å². The van der Waals surface area contributed by atoms with E-state index in [1.807, 2.05) is 0 Å². The molecular weight excluding hydrogens is 320 g/mol.